The Balaban J connectivity index is 2.13. The lowest BCUT2D eigenvalue weighted by Crippen LogP contribution is -2.24. The molecule has 0 amide bonds. The lowest BCUT2D eigenvalue weighted by Gasteiger charge is -2.13. The second-order valence-electron chi connectivity index (χ2n) is 4.04. The van der Waals surface area contributed by atoms with E-state index in [1.807, 2.05) is 6.20 Å². The number of nitrogens with one attached hydrogen (secondary N) is 2. The third kappa shape index (κ3) is 2.92. The third-order valence-corrected chi connectivity index (χ3v) is 3.85. The molecule has 1 atom stereocenters. The number of aryl methyl sites for hydroxylation is 2. The molecule has 2 aromatic heterocycles. The highest BCUT2D eigenvalue weighted by Crippen LogP contribution is 2.21. The van der Waals surface area contributed by atoms with E-state index < -0.39 is 0 Å². The van der Waals surface area contributed by atoms with E-state index in [4.69, 9.17) is 0 Å². The van der Waals surface area contributed by atoms with Crippen molar-refractivity contribution in [1.29, 1.82) is 0 Å². The lowest BCUT2D eigenvalue weighted by atomic mass is 10.2. The molecule has 0 aliphatic carbocycles. The van der Waals surface area contributed by atoms with E-state index in [1.54, 1.807) is 17.5 Å². The van der Waals surface area contributed by atoms with Crippen LogP contribution in [-0.2, 0) is 6.42 Å². The van der Waals surface area contributed by atoms with E-state index in [9.17, 15) is 0 Å². The van der Waals surface area contributed by atoms with Crippen LogP contribution in [0.15, 0.2) is 12.4 Å². The third-order valence-electron chi connectivity index (χ3n) is 2.75. The second-order valence-corrected chi connectivity index (χ2v) is 5.33. The van der Waals surface area contributed by atoms with Gasteiger partial charge in [-0.05, 0) is 20.4 Å². The summed E-state index contributed by atoms with van der Waals surface area (Å²) in [5, 5.41) is 4.60. The number of likely N-dealkylation sites (N-methyl/N-ethyl adjacent to an activating group) is 1. The standard InChI is InChI=1S/C12H18N4S/c1-4-13-10(12-14-5-6-15-12)7-11-16-8(2)9(3)17-11/h5-6,10,13H,4,7H2,1-3H3,(H,14,15). The summed E-state index contributed by atoms with van der Waals surface area (Å²) >= 11 is 1.77. The minimum Gasteiger partial charge on any atom is -0.347 e. The molecule has 0 aliphatic heterocycles. The topological polar surface area (TPSA) is 53.6 Å². The summed E-state index contributed by atoms with van der Waals surface area (Å²) < 4.78 is 0. The van der Waals surface area contributed by atoms with Gasteiger partial charge in [-0.25, -0.2) is 9.97 Å². The van der Waals surface area contributed by atoms with E-state index in [0.29, 0.717) is 0 Å². The predicted octanol–water partition coefficient (Wildman–Crippen LogP) is 2.38. The highest BCUT2D eigenvalue weighted by Gasteiger charge is 2.15. The molecule has 0 spiro atoms. The van der Waals surface area contributed by atoms with Crippen molar-refractivity contribution in [3.63, 3.8) is 0 Å². The van der Waals surface area contributed by atoms with Gasteiger partial charge in [0.05, 0.1) is 16.7 Å². The molecule has 2 aromatic rings. The van der Waals surface area contributed by atoms with E-state index >= 15 is 0 Å². The maximum atomic E-state index is 4.58. The van der Waals surface area contributed by atoms with Gasteiger partial charge in [-0.15, -0.1) is 11.3 Å². The highest BCUT2D eigenvalue weighted by atomic mass is 32.1. The van der Waals surface area contributed by atoms with Gasteiger partial charge in [-0.2, -0.15) is 0 Å². The minimum atomic E-state index is 0.222. The molecule has 17 heavy (non-hydrogen) atoms. The summed E-state index contributed by atoms with van der Waals surface area (Å²) in [5.41, 5.74) is 1.14. The summed E-state index contributed by atoms with van der Waals surface area (Å²) in [6, 6.07) is 0.222. The van der Waals surface area contributed by atoms with Crippen molar-refractivity contribution >= 4 is 11.3 Å². The van der Waals surface area contributed by atoms with Crippen LogP contribution in [0.1, 0.15) is 34.4 Å². The van der Waals surface area contributed by atoms with Crippen LogP contribution in [0.2, 0.25) is 0 Å². The van der Waals surface area contributed by atoms with Gasteiger partial charge in [0.25, 0.3) is 0 Å². The summed E-state index contributed by atoms with van der Waals surface area (Å²) in [6.45, 7) is 7.21. The SMILES string of the molecule is CCNC(Cc1nc(C)c(C)s1)c1ncc[nH]1. The maximum absolute atomic E-state index is 4.58. The van der Waals surface area contributed by atoms with Crippen LogP contribution < -0.4 is 5.32 Å². The van der Waals surface area contributed by atoms with Crippen molar-refractivity contribution in [2.24, 2.45) is 0 Å². The molecule has 0 aromatic carbocycles. The first-order valence-electron chi connectivity index (χ1n) is 5.86. The molecule has 92 valence electrons. The van der Waals surface area contributed by atoms with Crippen LogP contribution in [0.5, 0.6) is 0 Å². The van der Waals surface area contributed by atoms with Gasteiger partial charge in [0.2, 0.25) is 0 Å². The molecule has 5 heteroatoms. The van der Waals surface area contributed by atoms with E-state index in [2.05, 4.69) is 41.0 Å². The molecule has 0 radical (unpaired) electrons. The molecule has 2 heterocycles. The van der Waals surface area contributed by atoms with Crippen LogP contribution >= 0.6 is 11.3 Å². The minimum absolute atomic E-state index is 0.222. The lowest BCUT2D eigenvalue weighted by molar-refractivity contribution is 0.525. The van der Waals surface area contributed by atoms with Gasteiger partial charge < -0.3 is 10.3 Å². The van der Waals surface area contributed by atoms with Crippen LogP contribution in [0.25, 0.3) is 0 Å². The summed E-state index contributed by atoms with van der Waals surface area (Å²) in [7, 11) is 0. The number of H-pyrrole nitrogens is 1. The molecular weight excluding hydrogens is 232 g/mol. The molecule has 0 saturated heterocycles. The number of imidazole rings is 1. The number of rotatable bonds is 5. The fraction of sp³-hybridized carbons (Fsp3) is 0.500. The number of aromatic amines is 1. The Morgan fingerprint density at radius 3 is 2.82 bits per heavy atom. The first kappa shape index (κ1) is 12.3. The summed E-state index contributed by atoms with van der Waals surface area (Å²) in [5.74, 6) is 0.984. The average molecular weight is 250 g/mol. The van der Waals surface area contributed by atoms with Crippen molar-refractivity contribution in [1.82, 2.24) is 20.3 Å². The Kier molecular flexibility index (Phi) is 3.91. The van der Waals surface area contributed by atoms with Crippen molar-refractivity contribution < 1.29 is 0 Å². The zero-order valence-electron chi connectivity index (χ0n) is 10.4. The number of hydrogen-bond donors (Lipinski definition) is 2. The molecule has 0 fully saturated rings. The van der Waals surface area contributed by atoms with Gasteiger partial charge in [0.1, 0.15) is 5.82 Å². The summed E-state index contributed by atoms with van der Waals surface area (Å²) in [6.07, 6.45) is 4.54. The molecule has 0 saturated carbocycles. The number of thiazole rings is 1. The van der Waals surface area contributed by atoms with Gasteiger partial charge in [-0.3, -0.25) is 0 Å². The molecule has 2 rings (SSSR count). The Morgan fingerprint density at radius 1 is 1.47 bits per heavy atom. The Hall–Kier alpha value is -1.20. The summed E-state index contributed by atoms with van der Waals surface area (Å²) in [4.78, 5) is 13.4. The first-order valence-corrected chi connectivity index (χ1v) is 6.68. The van der Waals surface area contributed by atoms with Gasteiger partial charge >= 0.3 is 0 Å². The largest absolute Gasteiger partial charge is 0.347 e. The average Bonchev–Trinajstić information content (AvgIpc) is 2.89. The van der Waals surface area contributed by atoms with Crippen molar-refractivity contribution in [2.45, 2.75) is 33.2 Å². The predicted molar refractivity (Wildman–Crippen MR) is 70.3 cm³/mol. The normalized spacial score (nSPS) is 12.9. The fourth-order valence-electron chi connectivity index (χ4n) is 1.78. The molecule has 1 unspecified atom stereocenters. The first-order chi connectivity index (χ1) is 8.20. The maximum Gasteiger partial charge on any atom is 0.123 e. The zero-order chi connectivity index (χ0) is 12.3. The Labute approximate surface area is 106 Å². The molecule has 0 bridgehead atoms. The van der Waals surface area contributed by atoms with Crippen LogP contribution in [0, 0.1) is 13.8 Å². The van der Waals surface area contributed by atoms with Crippen LogP contribution in [0.3, 0.4) is 0 Å². The van der Waals surface area contributed by atoms with Gasteiger partial charge in [0.15, 0.2) is 0 Å². The quantitative estimate of drug-likeness (QED) is 0.856. The van der Waals surface area contributed by atoms with Crippen LogP contribution in [-0.4, -0.2) is 21.5 Å². The fourth-order valence-corrected chi connectivity index (χ4v) is 2.76. The van der Waals surface area contributed by atoms with Crippen molar-refractivity contribution in [3.05, 3.63) is 33.8 Å². The van der Waals surface area contributed by atoms with Crippen molar-refractivity contribution in [2.75, 3.05) is 6.54 Å². The molecular formula is C12H18N4S. The van der Waals surface area contributed by atoms with Gasteiger partial charge in [-0.1, -0.05) is 6.92 Å². The van der Waals surface area contributed by atoms with Gasteiger partial charge in [0, 0.05) is 23.7 Å². The van der Waals surface area contributed by atoms with E-state index in [-0.39, 0.29) is 6.04 Å². The smallest absolute Gasteiger partial charge is 0.123 e. The second kappa shape index (κ2) is 5.42. The molecule has 0 aliphatic rings. The van der Waals surface area contributed by atoms with Crippen LogP contribution in [0.4, 0.5) is 0 Å². The van der Waals surface area contributed by atoms with E-state index in [1.165, 1.54) is 9.88 Å². The number of aromatic nitrogens is 3. The zero-order valence-corrected chi connectivity index (χ0v) is 11.3. The molecule has 4 nitrogen and oxygen atoms in total. The highest BCUT2D eigenvalue weighted by molar-refractivity contribution is 7.11. The van der Waals surface area contributed by atoms with E-state index in [0.717, 1.165) is 24.5 Å². The number of nitrogens with zero attached hydrogens (tertiary/aromatic N) is 2. The Morgan fingerprint density at radius 2 is 2.29 bits per heavy atom. The number of hydrogen-bond acceptors (Lipinski definition) is 4. The monoisotopic (exact) mass is 250 g/mol. The van der Waals surface area contributed by atoms with Crippen molar-refractivity contribution in [3.8, 4) is 0 Å². The Bertz CT molecular complexity index is 441. The molecule has 2 N–H and O–H groups in total.